The van der Waals surface area contributed by atoms with Gasteiger partial charge in [-0.1, -0.05) is 0 Å². The standard InChI is InChI=1S/C12H23F2NO4/c13-12(14)9-17-5-3-15-6-10(16)7-18-8-11-2-1-4-19-11/h10-12,15-16H,1-9H2. The van der Waals surface area contributed by atoms with Crippen LogP contribution in [0.1, 0.15) is 12.8 Å². The lowest BCUT2D eigenvalue weighted by Gasteiger charge is -2.14. The Hall–Kier alpha value is -0.340. The van der Waals surface area contributed by atoms with Gasteiger partial charge in [-0.3, -0.25) is 0 Å². The van der Waals surface area contributed by atoms with Gasteiger partial charge in [-0.15, -0.1) is 0 Å². The summed E-state index contributed by atoms with van der Waals surface area (Å²) in [5, 5.41) is 12.5. The minimum absolute atomic E-state index is 0.155. The molecule has 2 atom stereocenters. The number of halogens is 2. The molecule has 2 N–H and O–H groups in total. The second-order valence-electron chi connectivity index (χ2n) is 4.50. The highest BCUT2D eigenvalue weighted by atomic mass is 19.3. The fraction of sp³-hybridized carbons (Fsp3) is 1.00. The first-order valence-electron chi connectivity index (χ1n) is 6.62. The molecular formula is C12H23F2NO4. The Bertz CT molecular complexity index is 216. The van der Waals surface area contributed by atoms with E-state index in [0.29, 0.717) is 19.7 Å². The smallest absolute Gasteiger partial charge is 0.261 e. The van der Waals surface area contributed by atoms with Crippen LogP contribution in [0.5, 0.6) is 0 Å². The first kappa shape index (κ1) is 16.7. The Morgan fingerprint density at radius 1 is 1.32 bits per heavy atom. The van der Waals surface area contributed by atoms with Gasteiger partial charge < -0.3 is 24.6 Å². The van der Waals surface area contributed by atoms with Gasteiger partial charge in [-0.05, 0) is 12.8 Å². The van der Waals surface area contributed by atoms with Crippen molar-refractivity contribution in [1.29, 1.82) is 0 Å². The molecule has 1 saturated heterocycles. The highest BCUT2D eigenvalue weighted by Gasteiger charge is 2.15. The summed E-state index contributed by atoms with van der Waals surface area (Å²) >= 11 is 0. The molecule has 0 aliphatic carbocycles. The lowest BCUT2D eigenvalue weighted by Crippen LogP contribution is -2.33. The van der Waals surface area contributed by atoms with Gasteiger partial charge in [0.25, 0.3) is 6.43 Å². The summed E-state index contributed by atoms with van der Waals surface area (Å²) in [6.07, 6.45) is -0.816. The van der Waals surface area contributed by atoms with E-state index in [9.17, 15) is 13.9 Å². The molecule has 0 aromatic carbocycles. The highest BCUT2D eigenvalue weighted by Crippen LogP contribution is 2.11. The number of ether oxygens (including phenoxy) is 3. The van der Waals surface area contributed by atoms with Gasteiger partial charge in [0.05, 0.1) is 32.0 Å². The van der Waals surface area contributed by atoms with Gasteiger partial charge in [-0.2, -0.15) is 0 Å². The number of hydrogen-bond acceptors (Lipinski definition) is 5. The molecule has 1 heterocycles. The average Bonchev–Trinajstić information content (AvgIpc) is 2.86. The lowest BCUT2D eigenvalue weighted by molar-refractivity contribution is -0.0173. The maximum Gasteiger partial charge on any atom is 0.261 e. The quantitative estimate of drug-likeness (QED) is 0.538. The van der Waals surface area contributed by atoms with E-state index in [-0.39, 0.29) is 19.3 Å². The van der Waals surface area contributed by atoms with Crippen molar-refractivity contribution in [3.05, 3.63) is 0 Å². The SMILES string of the molecule is OC(CNCCOCC(F)F)COCC1CCCO1. The molecule has 19 heavy (non-hydrogen) atoms. The molecule has 114 valence electrons. The van der Waals surface area contributed by atoms with E-state index in [0.717, 1.165) is 19.4 Å². The van der Waals surface area contributed by atoms with Crippen LogP contribution in [-0.2, 0) is 14.2 Å². The van der Waals surface area contributed by atoms with Crippen LogP contribution in [0.15, 0.2) is 0 Å². The molecule has 0 saturated carbocycles. The molecule has 0 aromatic heterocycles. The third kappa shape index (κ3) is 9.23. The van der Waals surface area contributed by atoms with Crippen LogP contribution in [0.25, 0.3) is 0 Å². The molecule has 1 aliphatic heterocycles. The summed E-state index contributed by atoms with van der Waals surface area (Å²) in [6.45, 7) is 1.97. The number of aliphatic hydroxyl groups excluding tert-OH is 1. The highest BCUT2D eigenvalue weighted by molar-refractivity contribution is 4.64. The third-order valence-electron chi connectivity index (χ3n) is 2.68. The monoisotopic (exact) mass is 283 g/mol. The maximum absolute atomic E-state index is 11.7. The molecule has 0 amide bonds. The first-order valence-corrected chi connectivity index (χ1v) is 6.62. The number of rotatable bonds is 11. The van der Waals surface area contributed by atoms with Crippen molar-refractivity contribution in [3.8, 4) is 0 Å². The summed E-state index contributed by atoms with van der Waals surface area (Å²) < 4.78 is 38.9. The van der Waals surface area contributed by atoms with Crippen LogP contribution >= 0.6 is 0 Å². The summed E-state index contributed by atoms with van der Waals surface area (Å²) in [5.41, 5.74) is 0. The molecule has 5 nitrogen and oxygen atoms in total. The van der Waals surface area contributed by atoms with Crippen molar-refractivity contribution in [3.63, 3.8) is 0 Å². The Morgan fingerprint density at radius 3 is 2.84 bits per heavy atom. The molecule has 0 radical (unpaired) electrons. The van der Waals surface area contributed by atoms with Gasteiger partial charge in [0, 0.05) is 19.7 Å². The number of nitrogens with one attached hydrogen (secondary N) is 1. The van der Waals surface area contributed by atoms with E-state index < -0.39 is 19.1 Å². The van der Waals surface area contributed by atoms with E-state index in [4.69, 9.17) is 9.47 Å². The summed E-state index contributed by atoms with van der Waals surface area (Å²) in [4.78, 5) is 0. The zero-order valence-corrected chi connectivity index (χ0v) is 11.0. The van der Waals surface area contributed by atoms with E-state index in [1.165, 1.54) is 0 Å². The zero-order valence-electron chi connectivity index (χ0n) is 11.0. The minimum Gasteiger partial charge on any atom is -0.389 e. The molecule has 1 rings (SSSR count). The molecule has 0 spiro atoms. The van der Waals surface area contributed by atoms with E-state index in [1.54, 1.807) is 0 Å². The van der Waals surface area contributed by atoms with Crippen molar-refractivity contribution in [1.82, 2.24) is 5.32 Å². The van der Waals surface area contributed by atoms with Crippen LogP contribution < -0.4 is 5.32 Å². The zero-order chi connectivity index (χ0) is 13.9. The third-order valence-corrected chi connectivity index (χ3v) is 2.68. The number of aliphatic hydroxyl groups is 1. The Labute approximate surface area is 112 Å². The summed E-state index contributed by atoms with van der Waals surface area (Å²) in [7, 11) is 0. The first-order chi connectivity index (χ1) is 9.18. The topological polar surface area (TPSA) is 60.0 Å². The minimum atomic E-state index is -2.43. The Balaban J connectivity index is 1.83. The van der Waals surface area contributed by atoms with Crippen LogP contribution in [0, 0.1) is 0 Å². The molecule has 7 heteroatoms. The molecular weight excluding hydrogens is 260 g/mol. The molecule has 1 aliphatic rings. The molecule has 0 bridgehead atoms. The lowest BCUT2D eigenvalue weighted by atomic mass is 10.2. The predicted octanol–water partition coefficient (Wildman–Crippen LogP) is 0.414. The second-order valence-corrected chi connectivity index (χ2v) is 4.50. The molecule has 2 unspecified atom stereocenters. The molecule has 1 fully saturated rings. The van der Waals surface area contributed by atoms with Crippen LogP contribution in [0.3, 0.4) is 0 Å². The fourth-order valence-electron chi connectivity index (χ4n) is 1.76. The summed E-state index contributed by atoms with van der Waals surface area (Å²) in [5.74, 6) is 0. The van der Waals surface area contributed by atoms with Crippen LogP contribution in [-0.4, -0.2) is 69.9 Å². The van der Waals surface area contributed by atoms with Gasteiger partial charge in [0.2, 0.25) is 0 Å². The van der Waals surface area contributed by atoms with Gasteiger partial charge in [0.15, 0.2) is 0 Å². The van der Waals surface area contributed by atoms with Crippen molar-refractivity contribution in [2.45, 2.75) is 31.5 Å². The number of alkyl halides is 2. The Kier molecular flexibility index (Phi) is 9.19. The average molecular weight is 283 g/mol. The number of hydrogen-bond donors (Lipinski definition) is 2. The van der Waals surface area contributed by atoms with Gasteiger partial charge >= 0.3 is 0 Å². The van der Waals surface area contributed by atoms with Gasteiger partial charge in [-0.25, -0.2) is 8.78 Å². The Morgan fingerprint density at radius 2 is 2.16 bits per heavy atom. The van der Waals surface area contributed by atoms with Crippen molar-refractivity contribution in [2.75, 3.05) is 46.1 Å². The van der Waals surface area contributed by atoms with E-state index >= 15 is 0 Å². The van der Waals surface area contributed by atoms with Gasteiger partial charge in [0.1, 0.15) is 6.61 Å². The van der Waals surface area contributed by atoms with Crippen molar-refractivity contribution < 1.29 is 28.1 Å². The maximum atomic E-state index is 11.7. The largest absolute Gasteiger partial charge is 0.389 e. The summed E-state index contributed by atoms with van der Waals surface area (Å²) in [6, 6.07) is 0. The second kappa shape index (κ2) is 10.4. The van der Waals surface area contributed by atoms with Crippen molar-refractivity contribution in [2.24, 2.45) is 0 Å². The predicted molar refractivity (Wildman–Crippen MR) is 65.5 cm³/mol. The van der Waals surface area contributed by atoms with E-state index in [1.807, 2.05) is 0 Å². The van der Waals surface area contributed by atoms with Crippen LogP contribution in [0.2, 0.25) is 0 Å². The van der Waals surface area contributed by atoms with Crippen molar-refractivity contribution >= 4 is 0 Å². The van der Waals surface area contributed by atoms with Crippen LogP contribution in [0.4, 0.5) is 8.78 Å². The normalized spacial score (nSPS) is 21.2. The molecule has 0 aromatic rings. The van der Waals surface area contributed by atoms with E-state index in [2.05, 4.69) is 10.1 Å². The fourth-order valence-corrected chi connectivity index (χ4v) is 1.76.